The van der Waals surface area contributed by atoms with E-state index in [9.17, 15) is 0 Å². The van der Waals surface area contributed by atoms with Crippen molar-refractivity contribution in [1.29, 1.82) is 0 Å². The van der Waals surface area contributed by atoms with Crippen molar-refractivity contribution in [3.05, 3.63) is 30.5 Å². The minimum Gasteiger partial charge on any atom is -0.397 e. The molecular weight excluding hydrogens is 234 g/mol. The summed E-state index contributed by atoms with van der Waals surface area (Å²) in [5.41, 5.74) is 9.28. The predicted molar refractivity (Wildman–Crippen MR) is 81.2 cm³/mol. The van der Waals surface area contributed by atoms with E-state index in [-0.39, 0.29) is 0 Å². The Morgan fingerprint density at radius 2 is 2.16 bits per heavy atom. The summed E-state index contributed by atoms with van der Waals surface area (Å²) in [5.74, 6) is 0. The number of benzene rings is 1. The first-order valence-electron chi connectivity index (χ1n) is 7.11. The fourth-order valence-electron chi connectivity index (χ4n) is 2.96. The zero-order chi connectivity index (χ0) is 13.3. The summed E-state index contributed by atoms with van der Waals surface area (Å²) < 4.78 is 0. The van der Waals surface area contributed by atoms with Gasteiger partial charge in [-0.1, -0.05) is 13.3 Å². The minimum atomic E-state index is 0.510. The maximum Gasteiger partial charge on any atom is 0.0951 e. The largest absolute Gasteiger partial charge is 0.397 e. The Labute approximate surface area is 114 Å². The van der Waals surface area contributed by atoms with Gasteiger partial charge >= 0.3 is 0 Å². The first kappa shape index (κ1) is 12.3. The highest BCUT2D eigenvalue weighted by Crippen LogP contribution is 2.44. The maximum atomic E-state index is 5.98. The van der Waals surface area contributed by atoms with Crippen LogP contribution in [0.2, 0.25) is 0 Å². The third kappa shape index (κ3) is 2.14. The molecule has 3 heteroatoms. The molecule has 2 aromatic rings. The van der Waals surface area contributed by atoms with Gasteiger partial charge < -0.3 is 11.1 Å². The van der Waals surface area contributed by atoms with Crippen molar-refractivity contribution in [3.8, 4) is 0 Å². The highest BCUT2D eigenvalue weighted by atomic mass is 14.9. The number of rotatable bonds is 4. The monoisotopic (exact) mass is 255 g/mol. The molecule has 19 heavy (non-hydrogen) atoms. The number of nitrogen functional groups attached to an aromatic ring is 1. The van der Waals surface area contributed by atoms with Crippen molar-refractivity contribution in [2.24, 2.45) is 5.41 Å². The Bertz CT molecular complexity index is 582. The highest BCUT2D eigenvalue weighted by Gasteiger charge is 2.34. The van der Waals surface area contributed by atoms with E-state index in [1.54, 1.807) is 6.20 Å². The van der Waals surface area contributed by atoms with Gasteiger partial charge in [-0.3, -0.25) is 4.98 Å². The van der Waals surface area contributed by atoms with Crippen LogP contribution in [0.15, 0.2) is 30.5 Å². The normalized spacial score (nSPS) is 17.1. The summed E-state index contributed by atoms with van der Waals surface area (Å²) >= 11 is 0. The summed E-state index contributed by atoms with van der Waals surface area (Å²) in [6.07, 6.45) is 7.12. The Kier molecular flexibility index (Phi) is 3.05. The number of aromatic nitrogens is 1. The maximum absolute atomic E-state index is 5.98. The smallest absolute Gasteiger partial charge is 0.0951 e. The molecule has 1 aromatic heterocycles. The van der Waals surface area contributed by atoms with Gasteiger partial charge in [-0.2, -0.15) is 0 Å². The van der Waals surface area contributed by atoms with Gasteiger partial charge in [0.2, 0.25) is 0 Å². The fraction of sp³-hybridized carbons (Fsp3) is 0.438. The van der Waals surface area contributed by atoms with Crippen LogP contribution in [0.1, 0.15) is 32.6 Å². The van der Waals surface area contributed by atoms with Crippen LogP contribution in [0.5, 0.6) is 0 Å². The number of nitrogens with two attached hydrogens (primary N) is 1. The molecule has 1 fully saturated rings. The Balaban J connectivity index is 1.87. The van der Waals surface area contributed by atoms with Crippen molar-refractivity contribution in [3.63, 3.8) is 0 Å². The molecule has 0 amide bonds. The van der Waals surface area contributed by atoms with Gasteiger partial charge in [0.1, 0.15) is 0 Å². The third-order valence-corrected chi connectivity index (χ3v) is 4.62. The lowest BCUT2D eigenvalue weighted by Crippen LogP contribution is -2.35. The van der Waals surface area contributed by atoms with Gasteiger partial charge in [0.15, 0.2) is 0 Å². The second-order valence-electron chi connectivity index (χ2n) is 5.66. The first-order chi connectivity index (χ1) is 9.24. The number of pyridine rings is 1. The van der Waals surface area contributed by atoms with E-state index < -0.39 is 0 Å². The Hall–Kier alpha value is -1.77. The molecule has 1 saturated carbocycles. The van der Waals surface area contributed by atoms with Gasteiger partial charge in [-0.05, 0) is 48.9 Å². The minimum absolute atomic E-state index is 0.510. The predicted octanol–water partition coefficient (Wildman–Crippen LogP) is 3.81. The van der Waals surface area contributed by atoms with E-state index in [1.807, 2.05) is 12.1 Å². The summed E-state index contributed by atoms with van der Waals surface area (Å²) in [5, 5.41) is 4.73. The summed E-state index contributed by atoms with van der Waals surface area (Å²) in [6.45, 7) is 3.35. The van der Waals surface area contributed by atoms with Crippen LogP contribution in [0.25, 0.3) is 10.9 Å². The van der Waals surface area contributed by atoms with Crippen LogP contribution >= 0.6 is 0 Å². The van der Waals surface area contributed by atoms with E-state index in [2.05, 4.69) is 29.4 Å². The first-order valence-corrected chi connectivity index (χ1v) is 7.11. The molecule has 1 aliphatic carbocycles. The van der Waals surface area contributed by atoms with Gasteiger partial charge in [0.05, 0.1) is 11.2 Å². The zero-order valence-electron chi connectivity index (χ0n) is 11.4. The standard InChI is InChI=1S/C16H21N3/c1-2-16(8-4-9-16)11-19-14-7-6-13(17)15-12(14)5-3-10-18-15/h3,5-7,10,19H,2,4,8-9,11,17H2,1H3. The Morgan fingerprint density at radius 3 is 2.84 bits per heavy atom. The van der Waals surface area contributed by atoms with Crippen molar-refractivity contribution < 1.29 is 0 Å². The van der Waals surface area contributed by atoms with E-state index in [1.165, 1.54) is 25.7 Å². The van der Waals surface area contributed by atoms with Crippen molar-refractivity contribution >= 4 is 22.3 Å². The zero-order valence-corrected chi connectivity index (χ0v) is 11.4. The van der Waals surface area contributed by atoms with E-state index in [4.69, 9.17) is 5.73 Å². The fourth-order valence-corrected chi connectivity index (χ4v) is 2.96. The topological polar surface area (TPSA) is 50.9 Å². The van der Waals surface area contributed by atoms with Crippen molar-refractivity contribution in [2.75, 3.05) is 17.6 Å². The van der Waals surface area contributed by atoms with Crippen LogP contribution in [-0.2, 0) is 0 Å². The highest BCUT2D eigenvalue weighted by molar-refractivity contribution is 5.98. The molecule has 0 radical (unpaired) electrons. The number of hydrogen-bond donors (Lipinski definition) is 2. The number of nitrogens with zero attached hydrogens (tertiary/aromatic N) is 1. The molecular formula is C16H21N3. The molecule has 100 valence electrons. The number of fused-ring (bicyclic) bond motifs is 1. The number of anilines is 2. The molecule has 0 aliphatic heterocycles. The molecule has 0 saturated heterocycles. The molecule has 0 unspecified atom stereocenters. The van der Waals surface area contributed by atoms with Gasteiger partial charge in [0.25, 0.3) is 0 Å². The third-order valence-electron chi connectivity index (χ3n) is 4.62. The molecule has 0 bridgehead atoms. The lowest BCUT2D eigenvalue weighted by molar-refractivity contribution is 0.145. The second kappa shape index (κ2) is 4.72. The molecule has 1 aromatic carbocycles. The number of hydrogen-bond acceptors (Lipinski definition) is 3. The van der Waals surface area contributed by atoms with Crippen LogP contribution in [0.3, 0.4) is 0 Å². The molecule has 3 rings (SSSR count). The van der Waals surface area contributed by atoms with Gasteiger partial charge in [-0.15, -0.1) is 0 Å². The van der Waals surface area contributed by atoms with Crippen LogP contribution < -0.4 is 11.1 Å². The van der Waals surface area contributed by atoms with Crippen LogP contribution in [0.4, 0.5) is 11.4 Å². The number of nitrogens with one attached hydrogen (secondary N) is 1. The molecule has 1 aliphatic rings. The van der Waals surface area contributed by atoms with Crippen LogP contribution in [0, 0.1) is 5.41 Å². The summed E-state index contributed by atoms with van der Waals surface area (Å²) in [7, 11) is 0. The average molecular weight is 255 g/mol. The molecule has 1 heterocycles. The Morgan fingerprint density at radius 1 is 1.32 bits per heavy atom. The quantitative estimate of drug-likeness (QED) is 0.817. The van der Waals surface area contributed by atoms with Gasteiger partial charge in [0, 0.05) is 23.8 Å². The molecule has 0 atom stereocenters. The van der Waals surface area contributed by atoms with E-state index in [0.29, 0.717) is 5.41 Å². The van der Waals surface area contributed by atoms with Crippen LogP contribution in [-0.4, -0.2) is 11.5 Å². The lowest BCUT2D eigenvalue weighted by atomic mass is 9.67. The molecule has 3 N–H and O–H groups in total. The molecule has 3 nitrogen and oxygen atoms in total. The summed E-state index contributed by atoms with van der Waals surface area (Å²) in [6, 6.07) is 8.06. The average Bonchev–Trinajstić information content (AvgIpc) is 2.41. The SMILES string of the molecule is CCC1(CNc2ccc(N)c3ncccc23)CCC1. The van der Waals surface area contributed by atoms with E-state index in [0.717, 1.165) is 28.8 Å². The lowest BCUT2D eigenvalue weighted by Gasteiger charge is -2.41. The van der Waals surface area contributed by atoms with Crippen molar-refractivity contribution in [2.45, 2.75) is 32.6 Å². The van der Waals surface area contributed by atoms with E-state index >= 15 is 0 Å². The molecule has 0 spiro atoms. The van der Waals surface area contributed by atoms with Gasteiger partial charge in [-0.25, -0.2) is 0 Å². The second-order valence-corrected chi connectivity index (χ2v) is 5.66. The summed E-state index contributed by atoms with van der Waals surface area (Å²) in [4.78, 5) is 4.38. The van der Waals surface area contributed by atoms with Crippen molar-refractivity contribution in [1.82, 2.24) is 4.98 Å².